The first-order valence-electron chi connectivity index (χ1n) is 9.89. The molecule has 0 spiro atoms. The van der Waals surface area contributed by atoms with Crippen molar-refractivity contribution in [1.29, 1.82) is 0 Å². The Morgan fingerprint density at radius 2 is 1.79 bits per heavy atom. The maximum absolute atomic E-state index is 14.0. The summed E-state index contributed by atoms with van der Waals surface area (Å²) in [4.78, 5) is 27.2. The van der Waals surface area contributed by atoms with E-state index in [0.717, 1.165) is 22.6 Å². The average molecular weight is 470 g/mol. The molecule has 5 nitrogen and oxygen atoms in total. The second kappa shape index (κ2) is 8.67. The Morgan fingerprint density at radius 3 is 2.42 bits per heavy atom. The second-order valence-electron chi connectivity index (χ2n) is 7.53. The first kappa shape index (κ1) is 22.5. The van der Waals surface area contributed by atoms with E-state index in [9.17, 15) is 23.5 Å². The van der Waals surface area contributed by atoms with Gasteiger partial charge in [-0.3, -0.25) is 14.5 Å². The summed E-state index contributed by atoms with van der Waals surface area (Å²) in [6.07, 6.45) is 0. The number of anilines is 1. The SMILES string of the molecule is COc1ccc(/C(O)=C2\C(=O)C(=O)N(c3ccc(F)c(F)c3)C2c2cccc(C)c2)cc1Cl. The molecule has 0 bridgehead atoms. The van der Waals surface area contributed by atoms with E-state index in [0.29, 0.717) is 11.3 Å². The van der Waals surface area contributed by atoms with Crippen LogP contribution in [0.5, 0.6) is 5.75 Å². The molecule has 1 atom stereocenters. The number of nitrogens with zero attached hydrogens (tertiary/aromatic N) is 1. The van der Waals surface area contributed by atoms with Crippen LogP contribution >= 0.6 is 11.6 Å². The fourth-order valence-corrected chi connectivity index (χ4v) is 4.12. The Bertz CT molecular complexity index is 1320. The molecule has 3 aromatic rings. The number of aliphatic hydroxyl groups excluding tert-OH is 1. The highest BCUT2D eigenvalue weighted by Crippen LogP contribution is 2.43. The van der Waals surface area contributed by atoms with E-state index < -0.39 is 35.1 Å². The molecule has 1 saturated heterocycles. The average Bonchev–Trinajstić information content (AvgIpc) is 3.06. The third kappa shape index (κ3) is 3.96. The van der Waals surface area contributed by atoms with Crippen molar-refractivity contribution in [2.45, 2.75) is 13.0 Å². The van der Waals surface area contributed by atoms with Crippen LogP contribution in [-0.2, 0) is 9.59 Å². The van der Waals surface area contributed by atoms with Crippen LogP contribution in [0, 0.1) is 18.6 Å². The molecule has 1 amide bonds. The van der Waals surface area contributed by atoms with Crippen LogP contribution in [0.1, 0.15) is 22.7 Å². The van der Waals surface area contributed by atoms with Crippen molar-refractivity contribution in [3.8, 4) is 5.75 Å². The molecule has 8 heteroatoms. The zero-order valence-electron chi connectivity index (χ0n) is 17.6. The standard InChI is InChI=1S/C25H18ClF2NO4/c1-13-4-3-5-14(10-13)22-21(23(30)15-6-9-20(33-2)17(26)11-15)24(31)25(32)29(22)16-7-8-18(27)19(28)12-16/h3-12,22,30H,1-2H3/b23-21+. The van der Waals surface area contributed by atoms with Gasteiger partial charge in [0, 0.05) is 17.3 Å². The molecule has 1 aliphatic rings. The topological polar surface area (TPSA) is 66.8 Å². The zero-order chi connectivity index (χ0) is 23.9. The fraction of sp³-hybridized carbons (Fsp3) is 0.120. The van der Waals surface area contributed by atoms with Gasteiger partial charge in [-0.05, 0) is 42.8 Å². The smallest absolute Gasteiger partial charge is 0.300 e. The monoisotopic (exact) mass is 469 g/mol. The number of carbonyl (C=O) groups is 2. The molecule has 4 rings (SSSR count). The van der Waals surface area contributed by atoms with Crippen molar-refractivity contribution in [2.75, 3.05) is 12.0 Å². The highest BCUT2D eigenvalue weighted by atomic mass is 35.5. The number of ether oxygens (including phenoxy) is 1. The first-order valence-corrected chi connectivity index (χ1v) is 10.3. The summed E-state index contributed by atoms with van der Waals surface area (Å²) in [5.41, 5.74) is 1.34. The molecule has 3 aromatic carbocycles. The normalized spacial score (nSPS) is 17.5. The zero-order valence-corrected chi connectivity index (χ0v) is 18.4. The molecule has 1 fully saturated rings. The maximum atomic E-state index is 14.0. The number of amides is 1. The number of ketones is 1. The van der Waals surface area contributed by atoms with Crippen LogP contribution in [-0.4, -0.2) is 23.9 Å². The van der Waals surface area contributed by atoms with Gasteiger partial charge >= 0.3 is 0 Å². The van der Waals surface area contributed by atoms with Gasteiger partial charge in [-0.2, -0.15) is 0 Å². The third-order valence-corrected chi connectivity index (χ3v) is 5.70. The quantitative estimate of drug-likeness (QED) is 0.308. The summed E-state index contributed by atoms with van der Waals surface area (Å²) >= 11 is 6.18. The van der Waals surface area contributed by atoms with Crippen LogP contribution in [0.25, 0.3) is 5.76 Å². The van der Waals surface area contributed by atoms with Gasteiger partial charge in [0.05, 0.1) is 23.7 Å². The van der Waals surface area contributed by atoms with Gasteiger partial charge in [0.1, 0.15) is 11.5 Å². The molecule has 1 N–H and O–H groups in total. The summed E-state index contributed by atoms with van der Waals surface area (Å²) in [5, 5.41) is 11.3. The van der Waals surface area contributed by atoms with E-state index in [4.69, 9.17) is 16.3 Å². The fourth-order valence-electron chi connectivity index (χ4n) is 3.86. The van der Waals surface area contributed by atoms with E-state index in [1.54, 1.807) is 18.2 Å². The van der Waals surface area contributed by atoms with Gasteiger partial charge in [0.15, 0.2) is 11.6 Å². The predicted molar refractivity (Wildman–Crippen MR) is 120 cm³/mol. The molecule has 1 unspecified atom stereocenters. The maximum Gasteiger partial charge on any atom is 0.300 e. The Balaban J connectivity index is 1.96. The largest absolute Gasteiger partial charge is 0.507 e. The molecule has 33 heavy (non-hydrogen) atoms. The van der Waals surface area contributed by atoms with Crippen molar-refractivity contribution in [3.05, 3.63) is 99.6 Å². The third-order valence-electron chi connectivity index (χ3n) is 5.41. The minimum Gasteiger partial charge on any atom is -0.507 e. The first-order chi connectivity index (χ1) is 15.7. The Kier molecular flexibility index (Phi) is 5.91. The summed E-state index contributed by atoms with van der Waals surface area (Å²) in [7, 11) is 1.44. The van der Waals surface area contributed by atoms with Crippen LogP contribution < -0.4 is 9.64 Å². The molecule has 1 aliphatic heterocycles. The Morgan fingerprint density at radius 1 is 1.03 bits per heavy atom. The molecular weight excluding hydrogens is 452 g/mol. The highest BCUT2D eigenvalue weighted by Gasteiger charge is 2.47. The molecular formula is C25H18ClF2NO4. The van der Waals surface area contributed by atoms with Crippen LogP contribution in [0.2, 0.25) is 5.02 Å². The van der Waals surface area contributed by atoms with E-state index >= 15 is 0 Å². The lowest BCUT2D eigenvalue weighted by Gasteiger charge is -2.25. The van der Waals surface area contributed by atoms with E-state index in [1.807, 2.05) is 13.0 Å². The summed E-state index contributed by atoms with van der Waals surface area (Å²) < 4.78 is 32.7. The number of carbonyl (C=O) groups excluding carboxylic acids is 2. The number of methoxy groups -OCH3 is 1. The van der Waals surface area contributed by atoms with E-state index in [2.05, 4.69) is 0 Å². The number of benzene rings is 3. The van der Waals surface area contributed by atoms with Gasteiger partial charge < -0.3 is 9.84 Å². The summed E-state index contributed by atoms with van der Waals surface area (Å²) in [6.45, 7) is 1.83. The number of hydrogen-bond donors (Lipinski definition) is 1. The molecule has 0 radical (unpaired) electrons. The van der Waals surface area contributed by atoms with Crippen molar-refractivity contribution < 1.29 is 28.2 Å². The van der Waals surface area contributed by atoms with Gasteiger partial charge in [-0.25, -0.2) is 8.78 Å². The van der Waals surface area contributed by atoms with Crippen LogP contribution in [0.4, 0.5) is 14.5 Å². The number of rotatable bonds is 4. The number of aryl methyl sites for hydroxylation is 1. The summed E-state index contributed by atoms with van der Waals surface area (Å²) in [6, 6.07) is 13.3. The lowest BCUT2D eigenvalue weighted by molar-refractivity contribution is -0.132. The molecule has 0 aliphatic carbocycles. The minimum atomic E-state index is -1.17. The van der Waals surface area contributed by atoms with Crippen molar-refractivity contribution >= 4 is 34.7 Å². The van der Waals surface area contributed by atoms with Gasteiger partial charge in [0.2, 0.25) is 0 Å². The predicted octanol–water partition coefficient (Wildman–Crippen LogP) is 5.56. The Labute approximate surface area is 193 Å². The van der Waals surface area contributed by atoms with Crippen molar-refractivity contribution in [3.63, 3.8) is 0 Å². The Hall–Kier alpha value is -3.71. The lowest BCUT2D eigenvalue weighted by Crippen LogP contribution is -2.29. The van der Waals surface area contributed by atoms with E-state index in [-0.39, 0.29) is 21.8 Å². The van der Waals surface area contributed by atoms with Crippen LogP contribution in [0.3, 0.4) is 0 Å². The van der Waals surface area contributed by atoms with Gasteiger partial charge in [-0.15, -0.1) is 0 Å². The van der Waals surface area contributed by atoms with Crippen molar-refractivity contribution in [1.82, 2.24) is 0 Å². The summed E-state index contributed by atoms with van der Waals surface area (Å²) in [5.74, 6) is -4.28. The molecule has 168 valence electrons. The van der Waals surface area contributed by atoms with E-state index in [1.165, 1.54) is 31.4 Å². The van der Waals surface area contributed by atoms with Gasteiger partial charge in [-0.1, -0.05) is 41.4 Å². The second-order valence-corrected chi connectivity index (χ2v) is 7.94. The number of halogens is 3. The number of hydrogen-bond acceptors (Lipinski definition) is 4. The molecule has 0 aromatic heterocycles. The minimum absolute atomic E-state index is 0.0191. The highest BCUT2D eigenvalue weighted by molar-refractivity contribution is 6.51. The number of aliphatic hydroxyl groups is 1. The van der Waals surface area contributed by atoms with Gasteiger partial charge in [0.25, 0.3) is 11.7 Å². The van der Waals surface area contributed by atoms with Crippen LogP contribution in [0.15, 0.2) is 66.2 Å². The molecule has 0 saturated carbocycles. The number of Topliss-reactive ketones (excluding diaryl/α,β-unsaturated/α-hetero) is 1. The molecule has 1 heterocycles. The van der Waals surface area contributed by atoms with Crippen molar-refractivity contribution in [2.24, 2.45) is 0 Å². The lowest BCUT2D eigenvalue weighted by atomic mass is 9.94.